The maximum absolute atomic E-state index is 3.64. The molecular formula is C60H93N3. The molecule has 16 aliphatic rings. The highest BCUT2D eigenvalue weighted by Gasteiger charge is 2.75. The van der Waals surface area contributed by atoms with Crippen LogP contribution in [0.1, 0.15) is 201 Å². The summed E-state index contributed by atoms with van der Waals surface area (Å²) in [6, 6.07) is 8.01. The Morgan fingerprint density at radius 1 is 0.270 bits per heavy atom. The van der Waals surface area contributed by atoms with Gasteiger partial charge in [-0.15, -0.1) is 0 Å². The second kappa shape index (κ2) is 13.8. The predicted octanol–water partition coefficient (Wildman–Crippen LogP) is 13.1. The van der Waals surface area contributed by atoms with Crippen LogP contribution in [0, 0.1) is 117 Å². The van der Waals surface area contributed by atoms with E-state index in [9.17, 15) is 0 Å². The normalized spacial score (nSPS) is 62.4. The Hall–Kier alpha value is -0.120. The van der Waals surface area contributed by atoms with E-state index in [2.05, 4.69) is 42.4 Å². The van der Waals surface area contributed by atoms with Gasteiger partial charge < -0.3 is 0 Å². The molecule has 12 saturated carbocycles. The van der Waals surface area contributed by atoms with E-state index in [1.165, 1.54) is 0 Å². The van der Waals surface area contributed by atoms with Gasteiger partial charge in [-0.1, -0.05) is 98.3 Å². The van der Waals surface area contributed by atoms with Gasteiger partial charge in [0.2, 0.25) is 0 Å². The topological polar surface area (TPSA) is 9.72 Å². The van der Waals surface area contributed by atoms with E-state index >= 15 is 0 Å². The zero-order chi connectivity index (χ0) is 41.4. The molecule has 16 fully saturated rings. The van der Waals surface area contributed by atoms with Crippen molar-refractivity contribution in [3.63, 3.8) is 0 Å². The first kappa shape index (κ1) is 39.7. The molecule has 27 atom stereocenters. The van der Waals surface area contributed by atoms with Crippen LogP contribution in [0.15, 0.2) is 0 Å². The SMILES string of the molecule is CC1(C)C2CC3C(CC2C2C4CCCCC4CCC21)C1CCCC2C1N3C1CC3CCCCC3C3C1N2C1CCCC2C4CC5C6C7CCCCC7CCC6C(C)(C)C5CC4N3C21. The molecule has 0 radical (unpaired) electrons. The van der Waals surface area contributed by atoms with Gasteiger partial charge in [0, 0.05) is 54.4 Å². The molecule has 0 aromatic heterocycles. The smallest absolute Gasteiger partial charge is 0.0417 e. The number of hydrogen-bond donors (Lipinski definition) is 0. The third kappa shape index (κ3) is 4.99. The largest absolute Gasteiger partial charge is 0.291 e. The molecule has 0 amide bonds. The van der Waals surface area contributed by atoms with Crippen LogP contribution in [0.5, 0.6) is 0 Å². The summed E-state index contributed by atoms with van der Waals surface area (Å²) in [4.78, 5) is 10.9. The fourth-order valence-electron chi connectivity index (χ4n) is 26.9. The van der Waals surface area contributed by atoms with Gasteiger partial charge in [-0.05, 0) is 220 Å². The van der Waals surface area contributed by atoms with Crippen LogP contribution in [0.25, 0.3) is 0 Å². The van der Waals surface area contributed by atoms with Crippen LogP contribution in [0.4, 0.5) is 0 Å². The summed E-state index contributed by atoms with van der Waals surface area (Å²) < 4.78 is 0. The molecule has 0 aromatic rings. The van der Waals surface area contributed by atoms with Gasteiger partial charge in [-0.3, -0.25) is 14.7 Å². The summed E-state index contributed by atoms with van der Waals surface area (Å²) >= 11 is 0. The molecule has 12 aliphatic carbocycles. The molecule has 4 saturated heterocycles. The van der Waals surface area contributed by atoms with Crippen LogP contribution in [-0.4, -0.2) is 69.1 Å². The summed E-state index contributed by atoms with van der Waals surface area (Å²) in [5.74, 6) is 18.8. The van der Waals surface area contributed by atoms with Crippen molar-refractivity contribution in [1.29, 1.82) is 0 Å². The van der Waals surface area contributed by atoms with E-state index in [4.69, 9.17) is 0 Å². The lowest BCUT2D eigenvalue weighted by molar-refractivity contribution is -0.217. The Labute approximate surface area is 385 Å². The first-order valence-electron chi connectivity index (χ1n) is 30.1. The lowest BCUT2D eigenvalue weighted by atomic mass is 9.57. The summed E-state index contributed by atoms with van der Waals surface area (Å²) in [6.07, 6.45) is 42.7. The minimum atomic E-state index is 0.558. The number of rotatable bonds is 0. The molecule has 0 bridgehead atoms. The summed E-state index contributed by atoms with van der Waals surface area (Å²) in [7, 11) is 0. The summed E-state index contributed by atoms with van der Waals surface area (Å²) in [5.41, 5.74) is 1.12. The Morgan fingerprint density at radius 3 is 1.30 bits per heavy atom. The number of hydrogen-bond acceptors (Lipinski definition) is 3. The Morgan fingerprint density at radius 2 is 0.730 bits per heavy atom. The fraction of sp³-hybridized carbons (Fsp3) is 1.00. The number of piperazine rings is 2. The average Bonchev–Trinajstić information content (AvgIpc) is 3.96. The van der Waals surface area contributed by atoms with Crippen LogP contribution in [-0.2, 0) is 0 Å². The summed E-state index contributed by atoms with van der Waals surface area (Å²) in [5, 5.41) is 0. The van der Waals surface area contributed by atoms with Gasteiger partial charge in [-0.2, -0.15) is 0 Å². The van der Waals surface area contributed by atoms with Crippen molar-refractivity contribution in [1.82, 2.24) is 14.7 Å². The fourth-order valence-corrected chi connectivity index (χ4v) is 26.9. The van der Waals surface area contributed by atoms with Crippen molar-refractivity contribution < 1.29 is 0 Å². The van der Waals surface area contributed by atoms with Crippen LogP contribution in [0.3, 0.4) is 0 Å². The van der Waals surface area contributed by atoms with Crippen molar-refractivity contribution in [2.75, 3.05) is 0 Å². The van der Waals surface area contributed by atoms with Crippen LogP contribution in [0.2, 0.25) is 0 Å². The quantitative estimate of drug-likeness (QED) is 0.240. The molecule has 0 N–H and O–H groups in total. The minimum absolute atomic E-state index is 0.558. The van der Waals surface area contributed by atoms with Crippen LogP contribution >= 0.6 is 0 Å². The van der Waals surface area contributed by atoms with Gasteiger partial charge in [-0.25, -0.2) is 0 Å². The molecular weight excluding hydrogens is 763 g/mol. The van der Waals surface area contributed by atoms with E-state index in [1.54, 1.807) is 173 Å². The third-order valence-corrected chi connectivity index (χ3v) is 28.3. The molecule has 16 rings (SSSR count). The molecule has 0 spiro atoms. The van der Waals surface area contributed by atoms with Crippen LogP contribution < -0.4 is 0 Å². The average molecular weight is 856 g/mol. The van der Waals surface area contributed by atoms with Gasteiger partial charge in [0.05, 0.1) is 0 Å². The zero-order valence-electron chi connectivity index (χ0n) is 41.0. The van der Waals surface area contributed by atoms with Crippen molar-refractivity contribution in [3.05, 3.63) is 0 Å². The highest BCUT2D eigenvalue weighted by molar-refractivity contribution is 5.28. The van der Waals surface area contributed by atoms with Crippen molar-refractivity contribution in [2.24, 2.45) is 117 Å². The Balaban J connectivity index is 0.787. The molecule has 348 valence electrons. The maximum atomic E-state index is 3.64. The number of fused-ring (bicyclic) bond motifs is 22. The number of nitrogens with zero attached hydrogens (tertiary/aromatic N) is 3. The molecule has 27 unspecified atom stereocenters. The van der Waals surface area contributed by atoms with Crippen molar-refractivity contribution in [2.45, 2.75) is 255 Å². The maximum Gasteiger partial charge on any atom is 0.0417 e. The van der Waals surface area contributed by atoms with E-state index in [1.807, 2.05) is 0 Å². The highest BCUT2D eigenvalue weighted by atomic mass is 15.5. The lowest BCUT2D eigenvalue weighted by Crippen LogP contribution is -2.83. The second-order valence-corrected chi connectivity index (χ2v) is 29.7. The first-order valence-corrected chi connectivity index (χ1v) is 30.1. The molecule has 3 nitrogen and oxygen atoms in total. The second-order valence-electron chi connectivity index (χ2n) is 29.7. The highest BCUT2D eigenvalue weighted by Crippen LogP contribution is 2.73. The lowest BCUT2D eigenvalue weighted by Gasteiger charge is -2.71. The van der Waals surface area contributed by atoms with E-state index in [-0.39, 0.29) is 0 Å². The molecule has 0 aromatic carbocycles. The van der Waals surface area contributed by atoms with E-state index in [0.717, 1.165) is 161 Å². The van der Waals surface area contributed by atoms with E-state index in [0.29, 0.717) is 10.8 Å². The van der Waals surface area contributed by atoms with Gasteiger partial charge in [0.1, 0.15) is 0 Å². The molecule has 4 heterocycles. The predicted molar refractivity (Wildman–Crippen MR) is 255 cm³/mol. The van der Waals surface area contributed by atoms with Crippen molar-refractivity contribution >= 4 is 0 Å². The van der Waals surface area contributed by atoms with Gasteiger partial charge in [0.15, 0.2) is 0 Å². The molecule has 3 heteroatoms. The van der Waals surface area contributed by atoms with E-state index < -0.39 is 0 Å². The Kier molecular flexibility index (Phi) is 8.70. The standard InChI is InChI=1S/C60H93N3/c1-59(2)44-25-23-32-13-5-8-16-35(32)53(44)42-28-40-38-19-11-21-48-55(38)62(50(40)30-46(42)59)52-27-34-15-7-10-18-37(34)57-58(52)61(48)49-22-12-20-39-41-29-43-47(31-51(41)63(57)56(39)49)60(3,4)45-26-24-33-14-6-9-17-36(33)54(43)45/h32-58H,5-31H2,1-4H3. The third-order valence-electron chi connectivity index (χ3n) is 28.3. The summed E-state index contributed by atoms with van der Waals surface area (Å²) in [6.45, 7) is 11.4. The molecule has 4 aliphatic heterocycles. The monoisotopic (exact) mass is 856 g/mol. The van der Waals surface area contributed by atoms with Crippen molar-refractivity contribution in [3.8, 4) is 0 Å². The first-order chi connectivity index (χ1) is 30.8. The minimum Gasteiger partial charge on any atom is -0.291 e. The zero-order valence-corrected chi connectivity index (χ0v) is 41.0. The van der Waals surface area contributed by atoms with Gasteiger partial charge >= 0.3 is 0 Å². The Bertz CT molecular complexity index is 1810. The molecule has 63 heavy (non-hydrogen) atoms. The van der Waals surface area contributed by atoms with Gasteiger partial charge in [0.25, 0.3) is 0 Å².